The summed E-state index contributed by atoms with van der Waals surface area (Å²) in [5.41, 5.74) is 0.951. The lowest BCUT2D eigenvalue weighted by Gasteiger charge is -2.25. The van der Waals surface area contributed by atoms with E-state index in [2.05, 4.69) is 4.74 Å². The van der Waals surface area contributed by atoms with Crippen LogP contribution in [-0.4, -0.2) is 19.6 Å². The van der Waals surface area contributed by atoms with Crippen molar-refractivity contribution >= 4 is 0 Å². The van der Waals surface area contributed by atoms with E-state index < -0.39 is 19.6 Å². The zero-order valence-corrected chi connectivity index (χ0v) is 10.5. The van der Waals surface area contributed by atoms with E-state index in [1.54, 1.807) is 12.1 Å². The smallest absolute Gasteiger partial charge is 0.433 e. The van der Waals surface area contributed by atoms with E-state index in [0.29, 0.717) is 5.75 Å². The van der Waals surface area contributed by atoms with Crippen molar-refractivity contribution in [3.8, 4) is 11.5 Å². The van der Waals surface area contributed by atoms with Crippen molar-refractivity contribution in [2.24, 2.45) is 0 Å². The van der Waals surface area contributed by atoms with Crippen LogP contribution < -0.4 is 9.47 Å². The predicted octanol–water partition coefficient (Wildman–Crippen LogP) is 4.27. The highest BCUT2D eigenvalue weighted by Crippen LogP contribution is 2.36. The van der Waals surface area contributed by atoms with Crippen molar-refractivity contribution in [3.63, 3.8) is 0 Å². The molecule has 0 saturated carbocycles. The van der Waals surface area contributed by atoms with Gasteiger partial charge in [-0.25, -0.2) is 8.78 Å². The van der Waals surface area contributed by atoms with Crippen molar-refractivity contribution in [3.05, 3.63) is 23.8 Å². The Balaban J connectivity index is 0.000000509. The van der Waals surface area contributed by atoms with Crippen LogP contribution in [0.1, 0.15) is 19.4 Å². The molecule has 0 saturated heterocycles. The molecule has 0 atom stereocenters. The van der Waals surface area contributed by atoms with Crippen LogP contribution in [0.2, 0.25) is 0 Å². The summed E-state index contributed by atoms with van der Waals surface area (Å²) in [5, 5.41) is 0. The number of hydrogen-bond donors (Lipinski definition) is 0. The Labute approximate surface area is 104 Å². The van der Waals surface area contributed by atoms with E-state index in [1.165, 1.54) is 6.07 Å². The molecule has 104 valence electrons. The third kappa shape index (κ3) is 5.25. The van der Waals surface area contributed by atoms with Crippen LogP contribution in [-0.2, 0) is 0 Å². The van der Waals surface area contributed by atoms with Crippen molar-refractivity contribution in [2.75, 3.05) is 13.5 Å². The lowest BCUT2D eigenvalue weighted by atomic mass is 10.2. The molecule has 1 aliphatic rings. The van der Waals surface area contributed by atoms with Gasteiger partial charge in [-0.1, -0.05) is 19.9 Å². The second-order valence-electron chi connectivity index (χ2n) is 3.08. The third-order valence-electron chi connectivity index (χ3n) is 1.75. The van der Waals surface area contributed by atoms with Gasteiger partial charge in [0.1, 0.15) is 0 Å². The Kier molecular flexibility index (Phi) is 7.16. The molecule has 1 aromatic rings. The van der Waals surface area contributed by atoms with Crippen molar-refractivity contribution in [1.29, 1.82) is 0 Å². The number of ether oxygens (including phenoxy) is 2. The highest BCUT2D eigenvalue weighted by Gasteiger charge is 2.37. The lowest BCUT2D eigenvalue weighted by Crippen LogP contribution is -2.35. The number of rotatable bonds is 0. The summed E-state index contributed by atoms with van der Waals surface area (Å²) in [5.74, 6) is 0.479. The second kappa shape index (κ2) is 7.79. The Hall–Kier alpha value is -1.46. The fraction of sp³-hybridized carbons (Fsp3) is 0.500. The van der Waals surface area contributed by atoms with Crippen LogP contribution >= 0.6 is 0 Å². The monoisotopic (exact) mass is 268 g/mol. The van der Waals surface area contributed by atoms with Gasteiger partial charge >= 0.3 is 6.11 Å². The number of halogens is 4. The molecule has 1 aromatic carbocycles. The van der Waals surface area contributed by atoms with E-state index in [0.717, 1.165) is 5.56 Å². The maximum atomic E-state index is 12.6. The Bertz CT molecular complexity index is 356. The van der Waals surface area contributed by atoms with E-state index in [9.17, 15) is 17.6 Å². The summed E-state index contributed by atoms with van der Waals surface area (Å²) in [6.45, 7) is 3.39. The fourth-order valence-corrected chi connectivity index (χ4v) is 1.16. The Morgan fingerprint density at radius 1 is 1.17 bits per heavy atom. The van der Waals surface area contributed by atoms with Gasteiger partial charge in [-0.15, -0.1) is 0 Å². The summed E-state index contributed by atoms with van der Waals surface area (Å²) in [6, 6.07) is 4.85. The quantitative estimate of drug-likeness (QED) is 0.654. The molecule has 18 heavy (non-hydrogen) atoms. The van der Waals surface area contributed by atoms with Crippen LogP contribution in [0.4, 0.5) is 17.6 Å². The molecule has 0 N–H and O–H groups in total. The first kappa shape index (κ1) is 16.5. The minimum Gasteiger partial charge on any atom is -0.479 e. The zero-order chi connectivity index (χ0) is 14.2. The van der Waals surface area contributed by atoms with Gasteiger partial charge in [-0.05, 0) is 24.6 Å². The zero-order valence-electron chi connectivity index (χ0n) is 10.5. The van der Waals surface area contributed by atoms with E-state index in [1.807, 2.05) is 20.8 Å². The van der Waals surface area contributed by atoms with E-state index in [-0.39, 0.29) is 5.75 Å². The molecule has 0 radical (unpaired) electrons. The maximum absolute atomic E-state index is 12.6. The summed E-state index contributed by atoms with van der Waals surface area (Å²) in [4.78, 5) is 0. The van der Waals surface area contributed by atoms with Crippen molar-refractivity contribution in [1.82, 2.24) is 0 Å². The van der Waals surface area contributed by atoms with Gasteiger partial charge in [0.25, 0.3) is 0 Å². The van der Waals surface area contributed by atoms with Gasteiger partial charge < -0.3 is 9.47 Å². The number of benzene rings is 1. The third-order valence-corrected chi connectivity index (χ3v) is 1.75. The van der Waals surface area contributed by atoms with Gasteiger partial charge in [0.15, 0.2) is 18.1 Å². The lowest BCUT2D eigenvalue weighted by molar-refractivity contribution is -0.208. The highest BCUT2D eigenvalue weighted by molar-refractivity contribution is 5.43. The van der Waals surface area contributed by atoms with E-state index >= 15 is 0 Å². The number of fused-ring (bicyclic) bond motifs is 1. The molecule has 1 heterocycles. The minimum absolute atomic E-state index is 0.0989. The van der Waals surface area contributed by atoms with Gasteiger partial charge in [0, 0.05) is 0 Å². The van der Waals surface area contributed by atoms with Crippen LogP contribution in [0.5, 0.6) is 11.5 Å². The molecule has 0 amide bonds. The molecular formula is C12H16F4O2. The number of alkyl halides is 4. The Morgan fingerprint density at radius 3 is 2.28 bits per heavy atom. The molecule has 2 rings (SSSR count). The van der Waals surface area contributed by atoms with Crippen LogP contribution in [0.15, 0.2) is 18.2 Å². The van der Waals surface area contributed by atoms with Crippen LogP contribution in [0.25, 0.3) is 0 Å². The molecule has 0 unspecified atom stereocenters. The topological polar surface area (TPSA) is 18.5 Å². The number of aryl methyl sites for hydroxylation is 1. The van der Waals surface area contributed by atoms with Crippen molar-refractivity contribution < 1.29 is 27.0 Å². The molecule has 0 bridgehead atoms. The highest BCUT2D eigenvalue weighted by atomic mass is 19.3. The SMILES string of the molecule is CC.Cc1ccc2c(c1)OCC(F)(F)O2.FCF. The maximum Gasteiger partial charge on any atom is 0.433 e. The first-order chi connectivity index (χ1) is 8.48. The molecule has 0 aromatic heterocycles. The van der Waals surface area contributed by atoms with Gasteiger partial charge in [-0.2, -0.15) is 8.78 Å². The first-order valence-electron chi connectivity index (χ1n) is 5.41. The van der Waals surface area contributed by atoms with Gasteiger partial charge in [-0.3, -0.25) is 0 Å². The van der Waals surface area contributed by atoms with E-state index in [4.69, 9.17) is 4.74 Å². The normalized spacial score (nSPS) is 14.6. The largest absolute Gasteiger partial charge is 0.479 e. The standard InChI is InChI=1S/C9H8F2O2.C2H6.CH2F2/c1-6-2-3-7-8(4-6)12-5-9(10,11)13-7;1-2;2-1-3/h2-4H,5H2,1H3;1-2H3;1H2. The average molecular weight is 268 g/mol. The molecule has 2 nitrogen and oxygen atoms in total. The Morgan fingerprint density at radius 2 is 1.72 bits per heavy atom. The molecule has 1 aliphatic heterocycles. The van der Waals surface area contributed by atoms with Crippen LogP contribution in [0, 0.1) is 6.92 Å². The first-order valence-corrected chi connectivity index (χ1v) is 5.41. The summed E-state index contributed by atoms with van der Waals surface area (Å²) < 4.78 is 53.8. The molecule has 0 spiro atoms. The molecule has 0 fully saturated rings. The predicted molar refractivity (Wildman–Crippen MR) is 60.7 cm³/mol. The van der Waals surface area contributed by atoms with Gasteiger partial charge in [0.2, 0.25) is 6.93 Å². The summed E-state index contributed by atoms with van der Waals surface area (Å²) in [6.07, 6.45) is -3.21. The fourth-order valence-electron chi connectivity index (χ4n) is 1.16. The average Bonchev–Trinajstić information content (AvgIpc) is 2.33. The summed E-state index contributed by atoms with van der Waals surface area (Å²) >= 11 is 0. The van der Waals surface area contributed by atoms with Crippen molar-refractivity contribution in [2.45, 2.75) is 26.9 Å². The summed E-state index contributed by atoms with van der Waals surface area (Å²) in [7, 11) is 0. The molecule has 0 aliphatic carbocycles. The molecule has 6 heteroatoms. The minimum atomic E-state index is -3.21. The van der Waals surface area contributed by atoms with Crippen LogP contribution in [0.3, 0.4) is 0 Å². The molecular weight excluding hydrogens is 252 g/mol. The van der Waals surface area contributed by atoms with Gasteiger partial charge in [0.05, 0.1) is 0 Å². The second-order valence-corrected chi connectivity index (χ2v) is 3.08. The number of hydrogen-bond acceptors (Lipinski definition) is 2.